The summed E-state index contributed by atoms with van der Waals surface area (Å²) in [5, 5.41) is 0. The molecule has 104 valence electrons. The van der Waals surface area contributed by atoms with Crippen LogP contribution in [0.2, 0.25) is 0 Å². The molecule has 0 amide bonds. The summed E-state index contributed by atoms with van der Waals surface area (Å²) in [6.07, 6.45) is 7.83. The quantitative estimate of drug-likeness (QED) is 0.677. The first-order chi connectivity index (χ1) is 10.3. The molecule has 0 bridgehead atoms. The SMILES string of the molecule is CC(=CCn1ccnc1)c1ccc(-c2ccccc2)cc1. The first-order valence-electron chi connectivity index (χ1n) is 7.11. The monoisotopic (exact) mass is 274 g/mol. The van der Waals surface area contributed by atoms with Gasteiger partial charge in [0.2, 0.25) is 0 Å². The van der Waals surface area contributed by atoms with E-state index in [0.29, 0.717) is 0 Å². The standard InChI is InChI=1S/C19H18N2/c1-16(11-13-21-14-12-20-15-21)17-7-9-19(10-8-17)18-5-3-2-4-6-18/h2-12,14-15H,13H2,1H3. The van der Waals surface area contributed by atoms with E-state index in [2.05, 4.69) is 71.1 Å². The van der Waals surface area contributed by atoms with E-state index in [9.17, 15) is 0 Å². The second kappa shape index (κ2) is 6.23. The molecule has 0 aliphatic heterocycles. The maximum atomic E-state index is 4.05. The highest BCUT2D eigenvalue weighted by Gasteiger charge is 1.99. The first kappa shape index (κ1) is 13.4. The lowest BCUT2D eigenvalue weighted by Gasteiger charge is -2.05. The number of aromatic nitrogens is 2. The van der Waals surface area contributed by atoms with Gasteiger partial charge < -0.3 is 4.57 Å². The van der Waals surface area contributed by atoms with Crippen LogP contribution in [0.4, 0.5) is 0 Å². The molecule has 2 heteroatoms. The third-order valence-electron chi connectivity index (χ3n) is 3.61. The summed E-state index contributed by atoms with van der Waals surface area (Å²) in [5.41, 5.74) is 5.05. The van der Waals surface area contributed by atoms with Gasteiger partial charge in [-0.1, -0.05) is 60.7 Å². The lowest BCUT2D eigenvalue weighted by molar-refractivity contribution is 0.821. The van der Waals surface area contributed by atoms with Crippen molar-refractivity contribution in [2.75, 3.05) is 0 Å². The Bertz CT molecular complexity index is 708. The second-order valence-electron chi connectivity index (χ2n) is 5.09. The Morgan fingerprint density at radius 1 is 1.00 bits per heavy atom. The highest BCUT2D eigenvalue weighted by molar-refractivity contribution is 5.69. The third-order valence-corrected chi connectivity index (χ3v) is 3.61. The molecule has 0 aliphatic rings. The van der Waals surface area contributed by atoms with Gasteiger partial charge in [-0.05, 0) is 29.2 Å². The highest BCUT2D eigenvalue weighted by atomic mass is 15.0. The van der Waals surface area contributed by atoms with E-state index >= 15 is 0 Å². The summed E-state index contributed by atoms with van der Waals surface area (Å²) < 4.78 is 2.06. The topological polar surface area (TPSA) is 17.8 Å². The molecule has 0 unspecified atom stereocenters. The average Bonchev–Trinajstić information content (AvgIpc) is 3.07. The van der Waals surface area contributed by atoms with E-state index in [0.717, 1.165) is 6.54 Å². The molecule has 0 spiro atoms. The molecule has 1 aromatic heterocycles. The minimum atomic E-state index is 0.853. The number of allylic oxidation sites excluding steroid dienone is 2. The van der Waals surface area contributed by atoms with E-state index in [-0.39, 0.29) is 0 Å². The maximum Gasteiger partial charge on any atom is 0.0948 e. The zero-order chi connectivity index (χ0) is 14.5. The summed E-state index contributed by atoms with van der Waals surface area (Å²) in [6, 6.07) is 19.2. The zero-order valence-corrected chi connectivity index (χ0v) is 12.1. The molecule has 0 fully saturated rings. The van der Waals surface area contributed by atoms with Crippen LogP contribution >= 0.6 is 0 Å². The van der Waals surface area contributed by atoms with E-state index in [1.807, 2.05) is 18.6 Å². The Balaban J connectivity index is 1.76. The molecule has 0 saturated heterocycles. The van der Waals surface area contributed by atoms with Crippen LogP contribution < -0.4 is 0 Å². The lowest BCUT2D eigenvalue weighted by Crippen LogP contribution is -1.91. The molecule has 0 radical (unpaired) electrons. The van der Waals surface area contributed by atoms with Crippen molar-refractivity contribution in [2.45, 2.75) is 13.5 Å². The van der Waals surface area contributed by atoms with Gasteiger partial charge in [-0.3, -0.25) is 0 Å². The number of rotatable bonds is 4. The smallest absolute Gasteiger partial charge is 0.0948 e. The molecule has 3 rings (SSSR count). The van der Waals surface area contributed by atoms with E-state index in [1.54, 1.807) is 6.20 Å². The number of imidazole rings is 1. The van der Waals surface area contributed by atoms with Crippen molar-refractivity contribution >= 4 is 5.57 Å². The Morgan fingerprint density at radius 2 is 1.71 bits per heavy atom. The number of hydrogen-bond donors (Lipinski definition) is 0. The summed E-state index contributed by atoms with van der Waals surface area (Å²) in [4.78, 5) is 4.05. The van der Waals surface area contributed by atoms with Gasteiger partial charge in [0.25, 0.3) is 0 Å². The molecule has 0 N–H and O–H groups in total. The molecule has 3 aromatic rings. The maximum absolute atomic E-state index is 4.05. The van der Waals surface area contributed by atoms with E-state index < -0.39 is 0 Å². The molecular formula is C19H18N2. The van der Waals surface area contributed by atoms with Gasteiger partial charge in [-0.25, -0.2) is 4.98 Å². The molecular weight excluding hydrogens is 256 g/mol. The Hall–Kier alpha value is -2.61. The summed E-state index contributed by atoms with van der Waals surface area (Å²) in [5.74, 6) is 0. The Morgan fingerprint density at radius 3 is 2.38 bits per heavy atom. The van der Waals surface area contributed by atoms with Crippen LogP contribution in [-0.4, -0.2) is 9.55 Å². The van der Waals surface area contributed by atoms with Crippen LogP contribution in [-0.2, 0) is 6.54 Å². The van der Waals surface area contributed by atoms with Crippen molar-refractivity contribution in [1.82, 2.24) is 9.55 Å². The zero-order valence-electron chi connectivity index (χ0n) is 12.1. The Kier molecular flexibility index (Phi) is 3.97. The molecule has 1 heterocycles. The molecule has 0 atom stereocenters. The molecule has 2 nitrogen and oxygen atoms in total. The second-order valence-corrected chi connectivity index (χ2v) is 5.09. The molecule has 2 aromatic carbocycles. The highest BCUT2D eigenvalue weighted by Crippen LogP contribution is 2.22. The van der Waals surface area contributed by atoms with Crippen molar-refractivity contribution in [3.63, 3.8) is 0 Å². The van der Waals surface area contributed by atoms with E-state index in [4.69, 9.17) is 0 Å². The molecule has 0 aliphatic carbocycles. The fourth-order valence-electron chi connectivity index (χ4n) is 2.31. The summed E-state index contributed by atoms with van der Waals surface area (Å²) in [6.45, 7) is 3.00. The largest absolute Gasteiger partial charge is 0.334 e. The van der Waals surface area contributed by atoms with Crippen LogP contribution in [0.5, 0.6) is 0 Å². The minimum absolute atomic E-state index is 0.853. The van der Waals surface area contributed by atoms with Gasteiger partial charge >= 0.3 is 0 Å². The van der Waals surface area contributed by atoms with Crippen molar-refractivity contribution < 1.29 is 0 Å². The van der Waals surface area contributed by atoms with Crippen molar-refractivity contribution in [2.24, 2.45) is 0 Å². The van der Waals surface area contributed by atoms with Gasteiger partial charge in [0.05, 0.1) is 6.33 Å². The van der Waals surface area contributed by atoms with Crippen molar-refractivity contribution in [1.29, 1.82) is 0 Å². The number of benzene rings is 2. The first-order valence-corrected chi connectivity index (χ1v) is 7.11. The fourth-order valence-corrected chi connectivity index (χ4v) is 2.31. The normalized spacial score (nSPS) is 11.6. The predicted molar refractivity (Wildman–Crippen MR) is 87.8 cm³/mol. The molecule has 21 heavy (non-hydrogen) atoms. The van der Waals surface area contributed by atoms with Crippen LogP contribution in [0.3, 0.4) is 0 Å². The van der Waals surface area contributed by atoms with Crippen molar-refractivity contribution in [3.05, 3.63) is 85.0 Å². The Labute approximate surface area is 125 Å². The fraction of sp³-hybridized carbons (Fsp3) is 0.105. The summed E-state index contributed by atoms with van der Waals surface area (Å²) in [7, 11) is 0. The van der Waals surface area contributed by atoms with Gasteiger partial charge in [0, 0.05) is 18.9 Å². The number of hydrogen-bond acceptors (Lipinski definition) is 1. The average molecular weight is 274 g/mol. The van der Waals surface area contributed by atoms with Gasteiger partial charge in [0.1, 0.15) is 0 Å². The van der Waals surface area contributed by atoms with Gasteiger partial charge in [-0.15, -0.1) is 0 Å². The number of nitrogens with zero attached hydrogens (tertiary/aromatic N) is 2. The van der Waals surface area contributed by atoms with Crippen LogP contribution in [0, 0.1) is 0 Å². The predicted octanol–water partition coefficient (Wildman–Crippen LogP) is 4.65. The van der Waals surface area contributed by atoms with Gasteiger partial charge in [-0.2, -0.15) is 0 Å². The van der Waals surface area contributed by atoms with Crippen LogP contribution in [0.1, 0.15) is 12.5 Å². The summed E-state index contributed by atoms with van der Waals surface area (Å²) >= 11 is 0. The lowest BCUT2D eigenvalue weighted by atomic mass is 10.0. The third kappa shape index (κ3) is 3.29. The minimum Gasteiger partial charge on any atom is -0.334 e. The molecule has 0 saturated carbocycles. The van der Waals surface area contributed by atoms with E-state index in [1.165, 1.54) is 22.3 Å². The van der Waals surface area contributed by atoms with Crippen LogP contribution in [0.15, 0.2) is 79.4 Å². The van der Waals surface area contributed by atoms with Gasteiger partial charge in [0.15, 0.2) is 0 Å². The van der Waals surface area contributed by atoms with Crippen LogP contribution in [0.25, 0.3) is 16.7 Å². The van der Waals surface area contributed by atoms with Crippen molar-refractivity contribution in [3.8, 4) is 11.1 Å².